The van der Waals surface area contributed by atoms with Crippen LogP contribution >= 0.6 is 0 Å². The number of carboxylic acid groups (broad SMARTS) is 1. The molecule has 0 spiro atoms. The molecule has 528 valence electrons. The molecule has 0 radical (unpaired) electrons. The van der Waals surface area contributed by atoms with Crippen molar-refractivity contribution in [2.75, 3.05) is 54.9 Å². The van der Waals surface area contributed by atoms with Crippen molar-refractivity contribution in [3.63, 3.8) is 0 Å². The summed E-state index contributed by atoms with van der Waals surface area (Å²) in [4.78, 5) is 46.3. The van der Waals surface area contributed by atoms with Crippen molar-refractivity contribution in [3.05, 3.63) is 333 Å². The van der Waals surface area contributed by atoms with Gasteiger partial charge in [-0.05, 0) is 143 Å². The Morgan fingerprint density at radius 3 is 1.11 bits per heavy atom. The van der Waals surface area contributed by atoms with E-state index in [2.05, 4.69) is 127 Å². The number of carbonyl (C=O) groups excluding carboxylic acids is 3. The normalized spacial score (nSPS) is 16.6. The lowest BCUT2D eigenvalue weighted by Crippen LogP contribution is -2.35. The minimum Gasteiger partial charge on any atom is -0.497 e. The minimum absolute atomic E-state index is 0.0113. The molecule has 16 heteroatoms. The summed E-state index contributed by atoms with van der Waals surface area (Å²) in [5.74, 6) is 1.53. The number of benzene rings is 12. The first-order valence-corrected chi connectivity index (χ1v) is 34.6. The van der Waals surface area contributed by atoms with Crippen LogP contribution in [-0.4, -0.2) is 89.0 Å². The van der Waals surface area contributed by atoms with Gasteiger partial charge in [0.1, 0.15) is 52.3 Å². The van der Waals surface area contributed by atoms with Crippen molar-refractivity contribution in [3.8, 4) is 56.8 Å². The lowest BCUT2D eigenvalue weighted by atomic mass is 9.80. The van der Waals surface area contributed by atoms with E-state index in [4.69, 9.17) is 42.6 Å². The molecule has 0 aromatic heterocycles. The molecule has 0 bridgehead atoms. The number of aromatic carboxylic acids is 1. The second-order valence-electron chi connectivity index (χ2n) is 26.1. The van der Waals surface area contributed by atoms with Gasteiger partial charge in [0.05, 0.1) is 70.5 Å². The average Bonchev–Trinajstić information content (AvgIpc) is 1.50. The van der Waals surface area contributed by atoms with Crippen molar-refractivity contribution in [2.24, 2.45) is 0 Å². The third kappa shape index (κ3) is 11.7. The molecule has 0 amide bonds. The van der Waals surface area contributed by atoms with Crippen LogP contribution < -0.4 is 28.4 Å². The molecule has 2 atom stereocenters. The number of ether oxygens (including phenoxy) is 10. The van der Waals surface area contributed by atoms with Gasteiger partial charge in [0.15, 0.2) is 11.2 Å². The molecule has 3 heterocycles. The number of aliphatic hydroxyl groups excluding tert-OH is 1. The fraction of sp³-hybridized carbons (Fsp3) is 0.156. The lowest BCUT2D eigenvalue weighted by molar-refractivity contribution is -0.0272. The van der Waals surface area contributed by atoms with Crippen molar-refractivity contribution < 1.29 is 76.8 Å². The van der Waals surface area contributed by atoms with Gasteiger partial charge in [0.2, 0.25) is 0 Å². The van der Waals surface area contributed by atoms with Crippen LogP contribution in [0.4, 0.5) is 0 Å². The number of carbonyl (C=O) groups is 4. The van der Waals surface area contributed by atoms with Crippen molar-refractivity contribution >= 4 is 57.6 Å². The fourth-order valence-corrected chi connectivity index (χ4v) is 15.4. The van der Waals surface area contributed by atoms with Gasteiger partial charge in [0, 0.05) is 55.3 Å². The summed E-state index contributed by atoms with van der Waals surface area (Å²) in [6, 6.07) is 77.7. The molecule has 3 aliphatic heterocycles. The maximum Gasteiger partial charge on any atom is 0.346 e. The van der Waals surface area contributed by atoms with Gasteiger partial charge in [-0.25, -0.2) is 19.2 Å². The predicted molar refractivity (Wildman–Crippen MR) is 403 cm³/mol. The number of esters is 3. The number of carboxylic acids is 1. The van der Waals surface area contributed by atoms with Crippen LogP contribution in [0.25, 0.3) is 56.0 Å². The molecule has 5 aliphatic rings. The molecule has 0 saturated heterocycles. The van der Waals surface area contributed by atoms with Crippen molar-refractivity contribution in [1.82, 2.24) is 0 Å². The van der Waals surface area contributed by atoms with E-state index in [1.54, 1.807) is 64.8 Å². The number of hydrogen-bond acceptors (Lipinski definition) is 15. The summed E-state index contributed by atoms with van der Waals surface area (Å²) in [7, 11) is 6.63. The summed E-state index contributed by atoms with van der Waals surface area (Å²) in [5, 5.41) is 23.4. The highest BCUT2D eigenvalue weighted by atomic mass is 16.6. The summed E-state index contributed by atoms with van der Waals surface area (Å²) in [5.41, 5.74) is 11.1. The molecule has 12 aromatic rings. The zero-order chi connectivity index (χ0) is 73.5. The molecule has 0 fully saturated rings. The first-order chi connectivity index (χ1) is 51.6. The van der Waals surface area contributed by atoms with Crippen LogP contribution in [0.1, 0.15) is 111 Å². The molecule has 17 rings (SSSR count). The number of fused-ring (bicyclic) bond motifs is 17. The predicted octanol–water partition coefficient (Wildman–Crippen LogP) is 17.5. The van der Waals surface area contributed by atoms with Crippen molar-refractivity contribution in [2.45, 2.75) is 36.3 Å². The molecule has 12 aromatic carbocycles. The van der Waals surface area contributed by atoms with Gasteiger partial charge < -0.3 is 57.6 Å². The van der Waals surface area contributed by atoms with Gasteiger partial charge in [-0.1, -0.05) is 182 Å². The molecule has 2 aliphatic carbocycles. The average molecular weight is 1410 g/mol. The monoisotopic (exact) mass is 1410 g/mol. The fourth-order valence-electron chi connectivity index (χ4n) is 15.4. The van der Waals surface area contributed by atoms with Gasteiger partial charge in [-0.2, -0.15) is 0 Å². The summed E-state index contributed by atoms with van der Waals surface area (Å²) >= 11 is 0. The standard InChI is InChI=1S/C45H36O8.C37H32O5.C8H4O3/c1-44(52-27-26-51-43(48)35-13-7-6-12-34(35)42(46)47)38-15-9-8-14-36(38)39-32-10-4-5-11-33(32)41-37(40(39)44)24-25-45(53-41,28-16-20-30(49-2)21-17-28)29-18-22-31(50-3)23-19-29;1-36(41-23-22-38)32-11-7-6-10-30(32)33-28-8-4-5-9-29(28)35-31(34(33)36)20-21-37(42-35,24-12-16-26(39-2)17-13-24)25-14-18-27(40-3)19-15-25;9-7-5-3-1-2-4-6(5)8(10)11-7/h4-25H,26-27H2,1-3H3,(H,46,47);4-21,38H,22-23H2,1-3H3;1-4H. The molecule has 0 saturated carbocycles. The Balaban J connectivity index is 0.000000151. The SMILES string of the molecule is COc1ccc(C2(c3ccc(OC)cc3)C=Cc3c4c(c5ccccc5c3O2)-c2ccccc2C4(C)OCCO)cc1.COc1ccc(C2(c3ccc(OC)cc3)C=Cc3c4c(c5ccccc5c3O2)-c2ccccc2C4(C)OCCOC(=O)c2ccccc2C(=O)O)cc1.O=C1OC(=O)c2ccccc21. The quantitative estimate of drug-likeness (QED) is 0.0495. The van der Waals surface area contributed by atoms with E-state index in [0.717, 1.165) is 128 Å². The largest absolute Gasteiger partial charge is 0.497 e. The Morgan fingerprint density at radius 1 is 0.396 bits per heavy atom. The molecule has 2 unspecified atom stereocenters. The maximum absolute atomic E-state index is 13.0. The number of rotatable bonds is 17. The van der Waals surface area contributed by atoms with E-state index in [1.807, 2.05) is 110 Å². The van der Waals surface area contributed by atoms with Gasteiger partial charge in [0.25, 0.3) is 0 Å². The number of hydrogen-bond donors (Lipinski definition) is 2. The smallest absolute Gasteiger partial charge is 0.346 e. The van der Waals surface area contributed by atoms with E-state index in [-0.39, 0.29) is 37.6 Å². The van der Waals surface area contributed by atoms with E-state index >= 15 is 0 Å². The first-order valence-electron chi connectivity index (χ1n) is 34.6. The second kappa shape index (κ2) is 28.2. The third-order valence-corrected chi connectivity index (χ3v) is 20.5. The Bertz CT molecular complexity index is 5380. The first kappa shape index (κ1) is 69.1. The molecule has 2 N–H and O–H groups in total. The molecule has 16 nitrogen and oxygen atoms in total. The van der Waals surface area contributed by atoms with E-state index in [9.17, 15) is 29.4 Å². The van der Waals surface area contributed by atoms with E-state index in [0.29, 0.717) is 16.9 Å². The Kier molecular flexibility index (Phi) is 18.4. The van der Waals surface area contributed by atoms with Crippen LogP contribution in [0.3, 0.4) is 0 Å². The highest BCUT2D eigenvalue weighted by Crippen LogP contribution is 2.61. The van der Waals surface area contributed by atoms with Gasteiger partial charge >= 0.3 is 23.9 Å². The maximum atomic E-state index is 13.0. The third-order valence-electron chi connectivity index (χ3n) is 20.5. The number of methoxy groups -OCH3 is 4. The van der Waals surface area contributed by atoms with Gasteiger partial charge in [-0.15, -0.1) is 0 Å². The zero-order valence-electron chi connectivity index (χ0n) is 58.8. The molecule has 106 heavy (non-hydrogen) atoms. The summed E-state index contributed by atoms with van der Waals surface area (Å²) in [6.07, 6.45) is 8.56. The lowest BCUT2D eigenvalue weighted by Gasteiger charge is -2.39. The Labute approximate surface area is 611 Å². The summed E-state index contributed by atoms with van der Waals surface area (Å²) < 4.78 is 59.8. The number of cyclic esters (lactones) is 2. The summed E-state index contributed by atoms with van der Waals surface area (Å²) in [6.45, 7) is 4.27. The topological polar surface area (TPSA) is 201 Å². The minimum atomic E-state index is -1.20. The van der Waals surface area contributed by atoms with Gasteiger partial charge in [-0.3, -0.25) is 0 Å². The van der Waals surface area contributed by atoms with Crippen molar-refractivity contribution in [1.29, 1.82) is 0 Å². The Morgan fingerprint density at radius 2 is 0.736 bits per heavy atom. The zero-order valence-corrected chi connectivity index (χ0v) is 58.8. The van der Waals surface area contributed by atoms with E-state index < -0.39 is 46.3 Å². The Hall–Kier alpha value is -12.6. The van der Waals surface area contributed by atoms with Crippen LogP contribution in [0, 0.1) is 0 Å². The molecular weight excluding hydrogens is 1340 g/mol. The second-order valence-corrected chi connectivity index (χ2v) is 26.1. The van der Waals surface area contributed by atoms with Crippen LogP contribution in [0.2, 0.25) is 0 Å². The highest BCUT2D eigenvalue weighted by Gasteiger charge is 2.49. The molecular formula is C90H72O16. The van der Waals surface area contributed by atoms with Crippen LogP contribution in [-0.2, 0) is 41.4 Å². The van der Waals surface area contributed by atoms with Crippen LogP contribution in [0.5, 0.6) is 34.5 Å². The highest BCUT2D eigenvalue weighted by molar-refractivity contribution is 6.15. The van der Waals surface area contributed by atoms with Crippen LogP contribution in [0.15, 0.2) is 255 Å². The number of aliphatic hydroxyl groups is 1. The van der Waals surface area contributed by atoms with E-state index in [1.165, 1.54) is 12.1 Å².